The SMILES string of the molecule is CC1CNCC(CCc2ccc(F)cc2)N1. The summed E-state index contributed by atoms with van der Waals surface area (Å²) in [6.07, 6.45) is 2.11. The number of benzene rings is 1. The number of rotatable bonds is 3. The lowest BCUT2D eigenvalue weighted by Crippen LogP contribution is -2.53. The molecule has 1 saturated heterocycles. The molecular formula is C13H19FN2. The minimum absolute atomic E-state index is 0.158. The van der Waals surface area contributed by atoms with E-state index in [4.69, 9.17) is 0 Å². The third-order valence-corrected chi connectivity index (χ3v) is 3.06. The van der Waals surface area contributed by atoms with Crippen LogP contribution in [0.25, 0.3) is 0 Å². The van der Waals surface area contributed by atoms with E-state index in [1.807, 2.05) is 12.1 Å². The molecule has 2 nitrogen and oxygen atoms in total. The van der Waals surface area contributed by atoms with Gasteiger partial charge in [-0.2, -0.15) is 0 Å². The van der Waals surface area contributed by atoms with Crippen LogP contribution in [0.5, 0.6) is 0 Å². The first-order valence-electron chi connectivity index (χ1n) is 5.95. The molecule has 1 aliphatic rings. The van der Waals surface area contributed by atoms with E-state index < -0.39 is 0 Å². The van der Waals surface area contributed by atoms with Crippen molar-refractivity contribution < 1.29 is 4.39 Å². The fourth-order valence-electron chi connectivity index (χ4n) is 2.17. The van der Waals surface area contributed by atoms with Crippen LogP contribution in [-0.2, 0) is 6.42 Å². The maximum absolute atomic E-state index is 12.7. The molecule has 1 aromatic carbocycles. The Kier molecular flexibility index (Phi) is 3.91. The van der Waals surface area contributed by atoms with E-state index in [2.05, 4.69) is 17.6 Å². The Morgan fingerprint density at radius 1 is 1.25 bits per heavy atom. The molecule has 2 atom stereocenters. The summed E-state index contributed by atoms with van der Waals surface area (Å²) in [5.41, 5.74) is 1.21. The fraction of sp³-hybridized carbons (Fsp3) is 0.538. The second-order valence-corrected chi connectivity index (χ2v) is 4.59. The predicted molar refractivity (Wildman–Crippen MR) is 64.0 cm³/mol. The topological polar surface area (TPSA) is 24.1 Å². The molecule has 16 heavy (non-hydrogen) atoms. The Bertz CT molecular complexity index is 323. The van der Waals surface area contributed by atoms with Crippen molar-refractivity contribution in [3.63, 3.8) is 0 Å². The largest absolute Gasteiger partial charge is 0.314 e. The van der Waals surface area contributed by atoms with Crippen LogP contribution in [0.3, 0.4) is 0 Å². The molecule has 0 amide bonds. The molecular weight excluding hydrogens is 203 g/mol. The standard InChI is InChI=1S/C13H19FN2/c1-10-8-15-9-13(16-10)7-4-11-2-5-12(14)6-3-11/h2-3,5-6,10,13,15-16H,4,7-9H2,1H3. The highest BCUT2D eigenvalue weighted by molar-refractivity contribution is 5.16. The summed E-state index contributed by atoms with van der Waals surface area (Å²) in [5.74, 6) is -0.158. The number of halogens is 1. The zero-order valence-corrected chi connectivity index (χ0v) is 9.67. The number of hydrogen-bond donors (Lipinski definition) is 2. The molecule has 2 unspecified atom stereocenters. The van der Waals surface area contributed by atoms with Gasteiger partial charge in [0.25, 0.3) is 0 Å². The molecule has 0 aliphatic carbocycles. The van der Waals surface area contributed by atoms with Crippen molar-refractivity contribution in [2.45, 2.75) is 31.8 Å². The summed E-state index contributed by atoms with van der Waals surface area (Å²) >= 11 is 0. The van der Waals surface area contributed by atoms with Gasteiger partial charge >= 0.3 is 0 Å². The number of nitrogens with one attached hydrogen (secondary N) is 2. The smallest absolute Gasteiger partial charge is 0.123 e. The van der Waals surface area contributed by atoms with Crippen molar-refractivity contribution in [1.82, 2.24) is 10.6 Å². The zero-order chi connectivity index (χ0) is 11.4. The quantitative estimate of drug-likeness (QED) is 0.813. The lowest BCUT2D eigenvalue weighted by atomic mass is 10.0. The summed E-state index contributed by atoms with van der Waals surface area (Å²) in [6.45, 7) is 4.27. The molecule has 88 valence electrons. The van der Waals surface area contributed by atoms with Crippen molar-refractivity contribution in [2.75, 3.05) is 13.1 Å². The van der Waals surface area contributed by atoms with Gasteiger partial charge in [0, 0.05) is 25.2 Å². The molecule has 2 N–H and O–H groups in total. The van der Waals surface area contributed by atoms with E-state index in [0.29, 0.717) is 12.1 Å². The first kappa shape index (κ1) is 11.6. The predicted octanol–water partition coefficient (Wildman–Crippen LogP) is 1.71. The van der Waals surface area contributed by atoms with Crippen molar-refractivity contribution in [3.05, 3.63) is 35.6 Å². The van der Waals surface area contributed by atoms with E-state index in [1.165, 1.54) is 17.7 Å². The summed E-state index contributed by atoms with van der Waals surface area (Å²) in [6, 6.07) is 7.89. The highest BCUT2D eigenvalue weighted by atomic mass is 19.1. The molecule has 0 radical (unpaired) electrons. The zero-order valence-electron chi connectivity index (χ0n) is 9.67. The van der Waals surface area contributed by atoms with Crippen molar-refractivity contribution >= 4 is 0 Å². The molecule has 2 rings (SSSR count). The Morgan fingerprint density at radius 3 is 2.69 bits per heavy atom. The first-order valence-corrected chi connectivity index (χ1v) is 5.95. The van der Waals surface area contributed by atoms with Crippen LogP contribution in [0.15, 0.2) is 24.3 Å². The fourth-order valence-corrected chi connectivity index (χ4v) is 2.17. The maximum Gasteiger partial charge on any atom is 0.123 e. The van der Waals surface area contributed by atoms with E-state index in [-0.39, 0.29) is 5.82 Å². The third-order valence-electron chi connectivity index (χ3n) is 3.06. The van der Waals surface area contributed by atoms with Gasteiger partial charge in [0.05, 0.1) is 0 Å². The highest BCUT2D eigenvalue weighted by Gasteiger charge is 2.16. The Labute approximate surface area is 96.2 Å². The summed E-state index contributed by atoms with van der Waals surface area (Å²) in [7, 11) is 0. The molecule has 1 heterocycles. The van der Waals surface area contributed by atoms with Gasteiger partial charge in [-0.3, -0.25) is 0 Å². The van der Waals surface area contributed by atoms with E-state index in [0.717, 1.165) is 25.9 Å². The molecule has 0 bridgehead atoms. The van der Waals surface area contributed by atoms with Crippen molar-refractivity contribution in [2.24, 2.45) is 0 Å². The minimum Gasteiger partial charge on any atom is -0.314 e. The van der Waals surface area contributed by atoms with E-state index in [1.54, 1.807) is 0 Å². The van der Waals surface area contributed by atoms with Gasteiger partial charge in [0.1, 0.15) is 5.82 Å². The van der Waals surface area contributed by atoms with Gasteiger partial charge in [-0.15, -0.1) is 0 Å². The third kappa shape index (κ3) is 3.29. The highest BCUT2D eigenvalue weighted by Crippen LogP contribution is 2.08. The van der Waals surface area contributed by atoms with Crippen LogP contribution >= 0.6 is 0 Å². The number of hydrogen-bond acceptors (Lipinski definition) is 2. The Hall–Kier alpha value is -0.930. The molecule has 0 aromatic heterocycles. The number of piperazine rings is 1. The maximum atomic E-state index is 12.7. The monoisotopic (exact) mass is 222 g/mol. The van der Waals surface area contributed by atoms with Crippen LogP contribution in [-0.4, -0.2) is 25.2 Å². The molecule has 3 heteroatoms. The van der Waals surface area contributed by atoms with Crippen molar-refractivity contribution in [1.29, 1.82) is 0 Å². The Balaban J connectivity index is 1.80. The summed E-state index contributed by atoms with van der Waals surface area (Å²) in [4.78, 5) is 0. The summed E-state index contributed by atoms with van der Waals surface area (Å²) < 4.78 is 12.7. The lowest BCUT2D eigenvalue weighted by molar-refractivity contribution is 0.340. The van der Waals surface area contributed by atoms with Gasteiger partial charge in [-0.05, 0) is 37.5 Å². The van der Waals surface area contributed by atoms with Crippen LogP contribution in [0.4, 0.5) is 4.39 Å². The van der Waals surface area contributed by atoms with Crippen LogP contribution < -0.4 is 10.6 Å². The van der Waals surface area contributed by atoms with Crippen molar-refractivity contribution in [3.8, 4) is 0 Å². The normalized spacial score (nSPS) is 25.6. The Morgan fingerprint density at radius 2 is 2.00 bits per heavy atom. The van der Waals surface area contributed by atoms with Crippen LogP contribution in [0, 0.1) is 5.82 Å². The van der Waals surface area contributed by atoms with Gasteiger partial charge in [0.15, 0.2) is 0 Å². The molecule has 1 aliphatic heterocycles. The van der Waals surface area contributed by atoms with Crippen LogP contribution in [0.1, 0.15) is 18.9 Å². The average molecular weight is 222 g/mol. The second-order valence-electron chi connectivity index (χ2n) is 4.59. The lowest BCUT2D eigenvalue weighted by Gasteiger charge is -2.29. The number of aryl methyl sites for hydroxylation is 1. The van der Waals surface area contributed by atoms with Gasteiger partial charge in [-0.25, -0.2) is 4.39 Å². The molecule has 1 aromatic rings. The van der Waals surface area contributed by atoms with Gasteiger partial charge < -0.3 is 10.6 Å². The first-order chi connectivity index (χ1) is 7.74. The average Bonchev–Trinajstić information content (AvgIpc) is 2.28. The van der Waals surface area contributed by atoms with Crippen LogP contribution in [0.2, 0.25) is 0 Å². The van der Waals surface area contributed by atoms with Gasteiger partial charge in [0.2, 0.25) is 0 Å². The minimum atomic E-state index is -0.158. The molecule has 0 spiro atoms. The van der Waals surface area contributed by atoms with E-state index >= 15 is 0 Å². The molecule has 0 saturated carbocycles. The summed E-state index contributed by atoms with van der Waals surface area (Å²) in [5, 5.41) is 6.97. The second kappa shape index (κ2) is 5.41. The molecule has 1 fully saturated rings. The van der Waals surface area contributed by atoms with Gasteiger partial charge in [-0.1, -0.05) is 12.1 Å². The van der Waals surface area contributed by atoms with E-state index in [9.17, 15) is 4.39 Å².